The van der Waals surface area contributed by atoms with Gasteiger partial charge in [-0.05, 0) is 25.7 Å². The number of aromatic nitrogens is 2. The maximum absolute atomic E-state index is 13.6. The molecular weight excluding hydrogens is 207 g/mol. The number of anilines is 2. The summed E-state index contributed by atoms with van der Waals surface area (Å²) in [6.07, 6.45) is 3.26. The molecule has 5 heteroatoms. The van der Waals surface area contributed by atoms with Gasteiger partial charge in [-0.3, -0.25) is 0 Å². The zero-order chi connectivity index (χ0) is 11.7. The minimum Gasteiger partial charge on any atom is -0.368 e. The van der Waals surface area contributed by atoms with Crippen molar-refractivity contribution in [3.05, 3.63) is 12.0 Å². The Morgan fingerprint density at radius 2 is 2.25 bits per heavy atom. The molecule has 0 amide bonds. The number of rotatable bonds is 1. The van der Waals surface area contributed by atoms with Gasteiger partial charge in [-0.15, -0.1) is 0 Å². The number of hydrogen-bond acceptors (Lipinski definition) is 4. The van der Waals surface area contributed by atoms with E-state index in [4.69, 9.17) is 5.73 Å². The van der Waals surface area contributed by atoms with Gasteiger partial charge in [-0.1, -0.05) is 6.92 Å². The second-order valence-electron chi connectivity index (χ2n) is 4.57. The molecule has 0 aliphatic carbocycles. The molecule has 88 valence electrons. The normalized spacial score (nSPS) is 25.8. The molecule has 2 rings (SSSR count). The van der Waals surface area contributed by atoms with Gasteiger partial charge in [0.15, 0.2) is 11.6 Å². The van der Waals surface area contributed by atoms with Crippen molar-refractivity contribution in [1.82, 2.24) is 9.97 Å². The van der Waals surface area contributed by atoms with Gasteiger partial charge in [-0.25, -0.2) is 9.37 Å². The zero-order valence-corrected chi connectivity index (χ0v) is 9.65. The Kier molecular flexibility index (Phi) is 2.94. The van der Waals surface area contributed by atoms with Crippen LogP contribution in [0.15, 0.2) is 6.20 Å². The molecule has 16 heavy (non-hydrogen) atoms. The van der Waals surface area contributed by atoms with E-state index in [0.29, 0.717) is 17.8 Å². The Morgan fingerprint density at radius 3 is 2.94 bits per heavy atom. The Labute approximate surface area is 94.7 Å². The number of halogens is 1. The third-order valence-electron chi connectivity index (χ3n) is 3.15. The van der Waals surface area contributed by atoms with Gasteiger partial charge in [0.2, 0.25) is 5.95 Å². The van der Waals surface area contributed by atoms with E-state index in [1.165, 1.54) is 0 Å². The molecule has 1 aromatic heterocycles. The first-order valence-electron chi connectivity index (χ1n) is 5.62. The number of piperidine rings is 1. The number of hydrogen-bond donors (Lipinski definition) is 1. The molecule has 1 aromatic rings. The topological polar surface area (TPSA) is 55.0 Å². The lowest BCUT2D eigenvalue weighted by atomic mass is 9.93. The molecule has 0 bridgehead atoms. The molecule has 1 aliphatic heterocycles. The average Bonchev–Trinajstić information content (AvgIpc) is 2.22. The fourth-order valence-corrected chi connectivity index (χ4v) is 2.29. The van der Waals surface area contributed by atoms with Crippen LogP contribution in [0.3, 0.4) is 0 Å². The van der Waals surface area contributed by atoms with Gasteiger partial charge >= 0.3 is 0 Å². The van der Waals surface area contributed by atoms with Crippen LogP contribution in [0.5, 0.6) is 0 Å². The molecule has 0 aromatic carbocycles. The number of nitrogens with two attached hydrogens (primary N) is 1. The van der Waals surface area contributed by atoms with E-state index in [-0.39, 0.29) is 5.95 Å². The molecule has 4 nitrogen and oxygen atoms in total. The van der Waals surface area contributed by atoms with Gasteiger partial charge in [-0.2, -0.15) is 4.98 Å². The summed E-state index contributed by atoms with van der Waals surface area (Å²) >= 11 is 0. The minimum absolute atomic E-state index is 0.127. The summed E-state index contributed by atoms with van der Waals surface area (Å²) in [7, 11) is 0. The predicted octanol–water partition coefficient (Wildman–Crippen LogP) is 1.82. The fraction of sp³-hybridized carbons (Fsp3) is 0.636. The lowest BCUT2D eigenvalue weighted by Gasteiger charge is -2.37. The highest BCUT2D eigenvalue weighted by Gasteiger charge is 2.26. The largest absolute Gasteiger partial charge is 0.368 e. The Bertz CT molecular complexity index is 382. The highest BCUT2D eigenvalue weighted by atomic mass is 19.1. The second kappa shape index (κ2) is 4.23. The van der Waals surface area contributed by atoms with Crippen molar-refractivity contribution in [3.8, 4) is 0 Å². The lowest BCUT2D eigenvalue weighted by Crippen LogP contribution is -2.41. The molecule has 2 heterocycles. The van der Waals surface area contributed by atoms with Crippen molar-refractivity contribution in [3.63, 3.8) is 0 Å². The molecule has 2 atom stereocenters. The summed E-state index contributed by atoms with van der Waals surface area (Å²) in [5.74, 6) is 0.762. The van der Waals surface area contributed by atoms with Crippen molar-refractivity contribution in [2.24, 2.45) is 5.92 Å². The number of nitrogen functional groups attached to an aromatic ring is 1. The van der Waals surface area contributed by atoms with Crippen LogP contribution in [0, 0.1) is 11.7 Å². The monoisotopic (exact) mass is 224 g/mol. The van der Waals surface area contributed by atoms with Crippen LogP contribution in [0.25, 0.3) is 0 Å². The highest BCUT2D eigenvalue weighted by Crippen LogP contribution is 2.28. The Balaban J connectivity index is 2.26. The summed E-state index contributed by atoms with van der Waals surface area (Å²) in [5, 5.41) is 0. The second-order valence-corrected chi connectivity index (χ2v) is 4.57. The van der Waals surface area contributed by atoms with Crippen molar-refractivity contribution in [1.29, 1.82) is 0 Å². The van der Waals surface area contributed by atoms with Gasteiger partial charge < -0.3 is 10.6 Å². The van der Waals surface area contributed by atoms with E-state index < -0.39 is 5.82 Å². The highest BCUT2D eigenvalue weighted by molar-refractivity contribution is 5.43. The predicted molar refractivity (Wildman–Crippen MR) is 61.6 cm³/mol. The average molecular weight is 224 g/mol. The fourth-order valence-electron chi connectivity index (χ4n) is 2.29. The Morgan fingerprint density at radius 1 is 1.50 bits per heavy atom. The molecule has 0 radical (unpaired) electrons. The van der Waals surface area contributed by atoms with E-state index in [1.54, 1.807) is 0 Å². The maximum atomic E-state index is 13.6. The summed E-state index contributed by atoms with van der Waals surface area (Å²) in [6, 6.07) is 0.299. The van der Waals surface area contributed by atoms with Crippen molar-refractivity contribution in [2.45, 2.75) is 32.7 Å². The van der Waals surface area contributed by atoms with Crippen molar-refractivity contribution < 1.29 is 4.39 Å². The van der Waals surface area contributed by atoms with Crippen LogP contribution in [0.1, 0.15) is 26.7 Å². The zero-order valence-electron chi connectivity index (χ0n) is 9.65. The van der Waals surface area contributed by atoms with Gasteiger partial charge in [0, 0.05) is 12.6 Å². The molecule has 1 saturated heterocycles. The standard InChI is InChI=1S/C11H17FN4/c1-7-3-4-16(8(2)5-7)10-9(12)6-14-11(13)15-10/h6-8H,3-5H2,1-2H3,(H2,13,14,15). The van der Waals surface area contributed by atoms with Gasteiger partial charge in [0.1, 0.15) is 0 Å². The number of nitrogens with zero attached hydrogens (tertiary/aromatic N) is 3. The van der Waals surface area contributed by atoms with Crippen LogP contribution >= 0.6 is 0 Å². The molecule has 0 spiro atoms. The van der Waals surface area contributed by atoms with Crippen LogP contribution in [0.4, 0.5) is 16.2 Å². The molecule has 1 aliphatic rings. The minimum atomic E-state index is -0.393. The molecule has 0 saturated carbocycles. The van der Waals surface area contributed by atoms with E-state index >= 15 is 0 Å². The van der Waals surface area contributed by atoms with Gasteiger partial charge in [0.25, 0.3) is 0 Å². The maximum Gasteiger partial charge on any atom is 0.222 e. The third-order valence-corrected chi connectivity index (χ3v) is 3.15. The Hall–Kier alpha value is -1.39. The van der Waals surface area contributed by atoms with E-state index in [9.17, 15) is 4.39 Å². The first-order valence-corrected chi connectivity index (χ1v) is 5.62. The van der Waals surface area contributed by atoms with Crippen LogP contribution in [-0.4, -0.2) is 22.6 Å². The summed E-state index contributed by atoms with van der Waals surface area (Å²) in [6.45, 7) is 5.14. The first-order chi connectivity index (χ1) is 7.58. The molecule has 2 unspecified atom stereocenters. The molecule has 2 N–H and O–H groups in total. The SMILES string of the molecule is CC1CCN(c2nc(N)ncc2F)C(C)C1. The quantitative estimate of drug-likeness (QED) is 0.790. The first kappa shape index (κ1) is 11.1. The third kappa shape index (κ3) is 2.08. The molecular formula is C11H17FN4. The summed E-state index contributed by atoms with van der Waals surface area (Å²) in [5.41, 5.74) is 5.49. The van der Waals surface area contributed by atoms with E-state index in [1.807, 2.05) is 4.90 Å². The smallest absolute Gasteiger partial charge is 0.222 e. The van der Waals surface area contributed by atoms with Crippen molar-refractivity contribution in [2.75, 3.05) is 17.2 Å². The lowest BCUT2D eigenvalue weighted by molar-refractivity contribution is 0.372. The van der Waals surface area contributed by atoms with E-state index in [0.717, 1.165) is 25.6 Å². The van der Waals surface area contributed by atoms with Crippen molar-refractivity contribution >= 4 is 11.8 Å². The van der Waals surface area contributed by atoms with Crippen LogP contribution in [-0.2, 0) is 0 Å². The molecule has 1 fully saturated rings. The van der Waals surface area contributed by atoms with Crippen LogP contribution in [0.2, 0.25) is 0 Å². The van der Waals surface area contributed by atoms with Gasteiger partial charge in [0.05, 0.1) is 6.20 Å². The summed E-state index contributed by atoms with van der Waals surface area (Å²) in [4.78, 5) is 9.61. The van der Waals surface area contributed by atoms with E-state index in [2.05, 4.69) is 23.8 Å². The van der Waals surface area contributed by atoms with Crippen LogP contribution < -0.4 is 10.6 Å². The summed E-state index contributed by atoms with van der Waals surface area (Å²) < 4.78 is 13.6.